The van der Waals surface area contributed by atoms with Gasteiger partial charge in [0.1, 0.15) is 0 Å². The maximum absolute atomic E-state index is 12.7. The fourth-order valence-electron chi connectivity index (χ4n) is 2.74. The van der Waals surface area contributed by atoms with Crippen molar-refractivity contribution >= 4 is 28.7 Å². The SMILES string of the molecule is CC(C)N1C(=O)CC(c2ccncc2)=Nc2cc([N+](=O)[O-])ccc21. The van der Waals surface area contributed by atoms with Gasteiger partial charge in [0, 0.05) is 30.6 Å². The Labute approximate surface area is 138 Å². The average molecular weight is 324 g/mol. The number of hydrogen-bond acceptors (Lipinski definition) is 5. The van der Waals surface area contributed by atoms with Crippen molar-refractivity contribution in [2.24, 2.45) is 4.99 Å². The molecule has 24 heavy (non-hydrogen) atoms. The molecule has 1 amide bonds. The lowest BCUT2D eigenvalue weighted by atomic mass is 10.1. The van der Waals surface area contributed by atoms with Crippen LogP contribution in [0.15, 0.2) is 47.7 Å². The average Bonchev–Trinajstić information content (AvgIpc) is 2.70. The molecular weight excluding hydrogens is 308 g/mol. The van der Waals surface area contributed by atoms with E-state index in [9.17, 15) is 14.9 Å². The molecule has 0 radical (unpaired) electrons. The first-order valence-electron chi connectivity index (χ1n) is 7.56. The van der Waals surface area contributed by atoms with Crippen LogP contribution in [0.1, 0.15) is 25.8 Å². The number of anilines is 1. The van der Waals surface area contributed by atoms with Gasteiger partial charge < -0.3 is 4.90 Å². The van der Waals surface area contributed by atoms with Crippen LogP contribution in [-0.2, 0) is 4.79 Å². The van der Waals surface area contributed by atoms with Gasteiger partial charge in [0.05, 0.1) is 28.4 Å². The van der Waals surface area contributed by atoms with Gasteiger partial charge in [0.2, 0.25) is 5.91 Å². The highest BCUT2D eigenvalue weighted by Gasteiger charge is 2.28. The van der Waals surface area contributed by atoms with Crippen LogP contribution in [0.4, 0.5) is 17.1 Å². The molecule has 7 nitrogen and oxygen atoms in total. The number of carbonyl (C=O) groups is 1. The Kier molecular flexibility index (Phi) is 4.07. The van der Waals surface area contributed by atoms with Crippen molar-refractivity contribution in [2.45, 2.75) is 26.3 Å². The van der Waals surface area contributed by atoms with Crippen molar-refractivity contribution in [3.05, 3.63) is 58.4 Å². The van der Waals surface area contributed by atoms with Crippen molar-refractivity contribution in [2.75, 3.05) is 4.90 Å². The first kappa shape index (κ1) is 15.8. The molecule has 0 saturated heterocycles. The van der Waals surface area contributed by atoms with E-state index in [0.29, 0.717) is 17.1 Å². The molecule has 1 aromatic heterocycles. The molecule has 0 atom stereocenters. The summed E-state index contributed by atoms with van der Waals surface area (Å²) in [4.78, 5) is 33.5. The van der Waals surface area contributed by atoms with Crippen LogP contribution in [0.2, 0.25) is 0 Å². The maximum Gasteiger partial charge on any atom is 0.271 e. The number of pyridine rings is 1. The zero-order valence-electron chi connectivity index (χ0n) is 13.3. The summed E-state index contributed by atoms with van der Waals surface area (Å²) in [5.74, 6) is -0.0897. The molecule has 0 aliphatic carbocycles. The minimum atomic E-state index is -0.464. The van der Waals surface area contributed by atoms with E-state index in [0.717, 1.165) is 5.56 Å². The number of benzene rings is 1. The fourth-order valence-corrected chi connectivity index (χ4v) is 2.74. The Morgan fingerprint density at radius 1 is 1.21 bits per heavy atom. The lowest BCUT2D eigenvalue weighted by molar-refractivity contribution is -0.384. The lowest BCUT2D eigenvalue weighted by Crippen LogP contribution is -2.37. The molecule has 0 spiro atoms. The van der Waals surface area contributed by atoms with Crippen LogP contribution in [0.5, 0.6) is 0 Å². The van der Waals surface area contributed by atoms with Crippen LogP contribution >= 0.6 is 0 Å². The van der Waals surface area contributed by atoms with Gasteiger partial charge in [-0.2, -0.15) is 0 Å². The maximum atomic E-state index is 12.7. The summed E-state index contributed by atoms with van der Waals surface area (Å²) in [5, 5.41) is 11.1. The van der Waals surface area contributed by atoms with E-state index in [1.54, 1.807) is 35.5 Å². The topological polar surface area (TPSA) is 88.7 Å². The van der Waals surface area contributed by atoms with E-state index >= 15 is 0 Å². The summed E-state index contributed by atoms with van der Waals surface area (Å²) in [6, 6.07) is 7.86. The summed E-state index contributed by atoms with van der Waals surface area (Å²) >= 11 is 0. The molecule has 1 aliphatic heterocycles. The zero-order valence-corrected chi connectivity index (χ0v) is 13.3. The fraction of sp³-hybridized carbons (Fsp3) is 0.235. The Bertz CT molecular complexity index is 831. The van der Waals surface area contributed by atoms with Crippen LogP contribution in [0, 0.1) is 10.1 Å². The van der Waals surface area contributed by atoms with Gasteiger partial charge in [-0.3, -0.25) is 19.9 Å². The number of aliphatic imine (C=N–C) groups is 1. The molecule has 0 bridgehead atoms. The second kappa shape index (κ2) is 6.19. The number of carbonyl (C=O) groups excluding carboxylic acids is 1. The van der Waals surface area contributed by atoms with Gasteiger partial charge in [0.25, 0.3) is 5.69 Å². The molecule has 1 aliphatic rings. The highest BCUT2D eigenvalue weighted by atomic mass is 16.6. The van der Waals surface area contributed by atoms with E-state index < -0.39 is 4.92 Å². The van der Waals surface area contributed by atoms with E-state index in [1.807, 2.05) is 13.8 Å². The molecule has 122 valence electrons. The number of nitro groups is 1. The monoisotopic (exact) mass is 324 g/mol. The molecule has 3 rings (SSSR count). The van der Waals surface area contributed by atoms with Crippen LogP contribution in [0.25, 0.3) is 0 Å². The lowest BCUT2D eigenvalue weighted by Gasteiger charge is -2.26. The number of non-ortho nitro benzene ring substituents is 1. The predicted octanol–water partition coefficient (Wildman–Crippen LogP) is 3.26. The number of nitro benzene ring substituents is 1. The van der Waals surface area contributed by atoms with Gasteiger partial charge >= 0.3 is 0 Å². The van der Waals surface area contributed by atoms with Crippen molar-refractivity contribution in [3.63, 3.8) is 0 Å². The number of fused-ring (bicyclic) bond motifs is 1. The van der Waals surface area contributed by atoms with Crippen molar-refractivity contribution in [1.82, 2.24) is 4.98 Å². The van der Waals surface area contributed by atoms with Gasteiger partial charge in [-0.05, 0) is 37.6 Å². The second-order valence-corrected chi connectivity index (χ2v) is 5.76. The summed E-state index contributed by atoms with van der Waals surface area (Å²) in [5.41, 5.74) is 2.32. The first-order valence-corrected chi connectivity index (χ1v) is 7.56. The Morgan fingerprint density at radius 3 is 2.54 bits per heavy atom. The van der Waals surface area contributed by atoms with Gasteiger partial charge in [-0.25, -0.2) is 4.99 Å². The quantitative estimate of drug-likeness (QED) is 0.640. The Morgan fingerprint density at radius 2 is 1.92 bits per heavy atom. The third kappa shape index (κ3) is 2.88. The third-order valence-corrected chi connectivity index (χ3v) is 3.80. The highest BCUT2D eigenvalue weighted by molar-refractivity contribution is 6.17. The van der Waals surface area contributed by atoms with E-state index in [2.05, 4.69) is 9.98 Å². The smallest absolute Gasteiger partial charge is 0.271 e. The van der Waals surface area contributed by atoms with Crippen molar-refractivity contribution in [1.29, 1.82) is 0 Å². The van der Waals surface area contributed by atoms with Gasteiger partial charge in [-0.15, -0.1) is 0 Å². The van der Waals surface area contributed by atoms with Crippen molar-refractivity contribution in [3.8, 4) is 0 Å². The largest absolute Gasteiger partial charge is 0.307 e. The van der Waals surface area contributed by atoms with Gasteiger partial charge in [0.15, 0.2) is 0 Å². The first-order chi connectivity index (χ1) is 11.5. The van der Waals surface area contributed by atoms with E-state index in [4.69, 9.17) is 0 Å². The second-order valence-electron chi connectivity index (χ2n) is 5.76. The van der Waals surface area contributed by atoms with Crippen molar-refractivity contribution < 1.29 is 9.72 Å². The highest BCUT2D eigenvalue weighted by Crippen LogP contribution is 2.37. The molecule has 2 aromatic rings. The molecule has 0 N–H and O–H groups in total. The Balaban J connectivity index is 2.19. The molecule has 0 unspecified atom stereocenters. The van der Waals surface area contributed by atoms with E-state index in [-0.39, 0.29) is 24.1 Å². The zero-order chi connectivity index (χ0) is 17.3. The molecule has 2 heterocycles. The van der Waals surface area contributed by atoms with Crippen LogP contribution < -0.4 is 4.90 Å². The molecule has 0 saturated carbocycles. The molecule has 0 fully saturated rings. The summed E-state index contributed by atoms with van der Waals surface area (Å²) < 4.78 is 0. The molecule has 7 heteroatoms. The number of rotatable bonds is 3. The minimum Gasteiger partial charge on any atom is -0.307 e. The summed E-state index contributed by atoms with van der Waals surface area (Å²) in [7, 11) is 0. The van der Waals surface area contributed by atoms with Gasteiger partial charge in [-0.1, -0.05) is 0 Å². The number of amides is 1. The molecule has 1 aromatic carbocycles. The summed E-state index contributed by atoms with van der Waals surface area (Å²) in [6.45, 7) is 3.81. The van der Waals surface area contributed by atoms with E-state index in [1.165, 1.54) is 12.1 Å². The standard InChI is InChI=1S/C17H16N4O3/c1-11(2)20-16-4-3-13(21(23)24)9-15(16)19-14(10-17(20)22)12-5-7-18-8-6-12/h3-9,11H,10H2,1-2H3. The van der Waals surface area contributed by atoms with Crippen LogP contribution in [0.3, 0.4) is 0 Å². The Hall–Kier alpha value is -3.09. The molecular formula is C17H16N4O3. The summed E-state index contributed by atoms with van der Waals surface area (Å²) in [6.07, 6.45) is 3.38. The number of aromatic nitrogens is 1. The minimum absolute atomic E-state index is 0.0513. The number of hydrogen-bond donors (Lipinski definition) is 0. The number of nitrogens with zero attached hydrogens (tertiary/aromatic N) is 4. The van der Waals surface area contributed by atoms with Crippen LogP contribution in [-0.4, -0.2) is 27.6 Å². The predicted molar refractivity (Wildman–Crippen MR) is 90.8 cm³/mol. The third-order valence-electron chi connectivity index (χ3n) is 3.80. The normalized spacial score (nSPS) is 14.2.